The Hall–Kier alpha value is -2.93. The van der Waals surface area contributed by atoms with Gasteiger partial charge in [-0.25, -0.2) is 4.98 Å². The summed E-state index contributed by atoms with van der Waals surface area (Å²) in [5, 5.41) is 10.6. The molecule has 7 heteroatoms. The zero-order chi connectivity index (χ0) is 17.2. The Morgan fingerprint density at radius 2 is 2.21 bits per heavy atom. The number of nitrogens with one attached hydrogen (secondary N) is 2. The van der Waals surface area contributed by atoms with Crippen LogP contribution in [0.5, 0.6) is 5.88 Å². The zero-order valence-electron chi connectivity index (χ0n) is 13.5. The second-order valence-corrected chi connectivity index (χ2v) is 6.26. The fourth-order valence-electron chi connectivity index (χ4n) is 2.15. The molecule has 3 rings (SSSR count). The Balaban J connectivity index is 1.79. The van der Waals surface area contributed by atoms with Crippen LogP contribution in [0, 0.1) is 0 Å². The van der Waals surface area contributed by atoms with Gasteiger partial charge in [-0.2, -0.15) is 5.10 Å². The Morgan fingerprint density at radius 3 is 3.00 bits per heavy atom. The first-order valence-corrected chi connectivity index (χ1v) is 7.53. The Labute approximate surface area is 139 Å². The lowest BCUT2D eigenvalue weighted by molar-refractivity contribution is 0.102. The molecule has 0 aliphatic carbocycles. The predicted molar refractivity (Wildman–Crippen MR) is 92.0 cm³/mol. The minimum absolute atomic E-state index is 0.255. The number of hydrogen-bond donors (Lipinski definition) is 3. The molecule has 4 N–H and O–H groups in total. The average molecular weight is 325 g/mol. The molecule has 124 valence electrons. The van der Waals surface area contributed by atoms with Gasteiger partial charge in [0.2, 0.25) is 5.88 Å². The number of fused-ring (bicyclic) bond motifs is 1. The van der Waals surface area contributed by atoms with Crippen LogP contribution in [0.3, 0.4) is 0 Å². The number of amides is 1. The molecule has 2 heterocycles. The van der Waals surface area contributed by atoms with Crippen molar-refractivity contribution in [3.8, 4) is 5.88 Å². The van der Waals surface area contributed by atoms with Gasteiger partial charge in [0.15, 0.2) is 0 Å². The number of benzene rings is 1. The lowest BCUT2D eigenvalue weighted by Gasteiger charge is -2.19. The van der Waals surface area contributed by atoms with E-state index < -0.39 is 5.54 Å². The number of ether oxygens (including phenoxy) is 1. The van der Waals surface area contributed by atoms with Crippen LogP contribution >= 0.6 is 0 Å². The molecule has 0 atom stereocenters. The largest absolute Gasteiger partial charge is 0.475 e. The van der Waals surface area contributed by atoms with Crippen molar-refractivity contribution < 1.29 is 9.53 Å². The number of carbonyl (C=O) groups excluding carboxylic acids is 1. The fraction of sp³-hybridized carbons (Fsp3) is 0.235. The van der Waals surface area contributed by atoms with E-state index in [1.807, 2.05) is 26.0 Å². The number of aromatic amines is 1. The molecular weight excluding hydrogens is 306 g/mol. The van der Waals surface area contributed by atoms with Crippen LogP contribution in [0.4, 0.5) is 5.69 Å². The highest BCUT2D eigenvalue weighted by Crippen LogP contribution is 2.20. The third-order valence-electron chi connectivity index (χ3n) is 3.29. The number of anilines is 1. The number of aromatic nitrogens is 3. The number of carbonyl (C=O) groups is 1. The Morgan fingerprint density at radius 1 is 1.38 bits per heavy atom. The summed E-state index contributed by atoms with van der Waals surface area (Å²) in [5.74, 6) is -0.0336. The zero-order valence-corrected chi connectivity index (χ0v) is 13.5. The van der Waals surface area contributed by atoms with Crippen LogP contribution in [-0.4, -0.2) is 33.2 Å². The van der Waals surface area contributed by atoms with E-state index in [9.17, 15) is 4.79 Å². The summed E-state index contributed by atoms with van der Waals surface area (Å²) in [6.07, 6.45) is 3.28. The van der Waals surface area contributed by atoms with E-state index in [4.69, 9.17) is 10.5 Å². The number of rotatable bonds is 5. The molecule has 0 spiro atoms. The monoisotopic (exact) mass is 325 g/mol. The number of H-pyrrole nitrogens is 1. The molecule has 1 amide bonds. The van der Waals surface area contributed by atoms with Crippen molar-refractivity contribution in [2.45, 2.75) is 19.4 Å². The van der Waals surface area contributed by atoms with Crippen molar-refractivity contribution in [3.05, 3.63) is 48.3 Å². The highest BCUT2D eigenvalue weighted by atomic mass is 16.5. The molecule has 0 fully saturated rings. The summed E-state index contributed by atoms with van der Waals surface area (Å²) >= 11 is 0. The van der Waals surface area contributed by atoms with Gasteiger partial charge in [0.25, 0.3) is 5.91 Å². The predicted octanol–water partition coefficient (Wildman–Crippen LogP) is 2.33. The minimum Gasteiger partial charge on any atom is -0.475 e. The van der Waals surface area contributed by atoms with E-state index >= 15 is 0 Å². The van der Waals surface area contributed by atoms with Crippen LogP contribution in [0.25, 0.3) is 10.9 Å². The maximum absolute atomic E-state index is 12.5. The van der Waals surface area contributed by atoms with Crippen LogP contribution < -0.4 is 15.8 Å². The first kappa shape index (κ1) is 15.9. The van der Waals surface area contributed by atoms with Crippen LogP contribution in [0.15, 0.2) is 42.7 Å². The van der Waals surface area contributed by atoms with Crippen molar-refractivity contribution in [3.63, 3.8) is 0 Å². The molecule has 0 unspecified atom stereocenters. The Bertz CT molecular complexity index is 867. The summed E-state index contributed by atoms with van der Waals surface area (Å²) in [5.41, 5.74) is 7.33. The molecule has 7 nitrogen and oxygen atoms in total. The maximum Gasteiger partial charge on any atom is 0.261 e. The van der Waals surface area contributed by atoms with Gasteiger partial charge in [-0.05, 0) is 44.2 Å². The molecule has 0 radical (unpaired) electrons. The van der Waals surface area contributed by atoms with Gasteiger partial charge in [-0.15, -0.1) is 0 Å². The average Bonchev–Trinajstić information content (AvgIpc) is 3.00. The highest BCUT2D eigenvalue weighted by Gasteiger charge is 2.17. The summed E-state index contributed by atoms with van der Waals surface area (Å²) in [6.45, 7) is 3.94. The summed E-state index contributed by atoms with van der Waals surface area (Å²) < 4.78 is 5.61. The third-order valence-corrected chi connectivity index (χ3v) is 3.29. The molecule has 1 aromatic carbocycles. The van der Waals surface area contributed by atoms with Crippen LogP contribution in [0.2, 0.25) is 0 Å². The van der Waals surface area contributed by atoms with Crippen LogP contribution in [0.1, 0.15) is 24.2 Å². The maximum atomic E-state index is 12.5. The van der Waals surface area contributed by atoms with E-state index in [2.05, 4.69) is 20.5 Å². The summed E-state index contributed by atoms with van der Waals surface area (Å²) in [6, 6.07) is 8.86. The smallest absolute Gasteiger partial charge is 0.261 e. The van der Waals surface area contributed by atoms with Crippen molar-refractivity contribution in [1.82, 2.24) is 15.2 Å². The number of nitrogens with zero attached hydrogens (tertiary/aromatic N) is 2. The van der Waals surface area contributed by atoms with Crippen molar-refractivity contribution in [2.24, 2.45) is 5.73 Å². The van der Waals surface area contributed by atoms with E-state index in [-0.39, 0.29) is 18.4 Å². The van der Waals surface area contributed by atoms with Crippen LogP contribution in [-0.2, 0) is 0 Å². The van der Waals surface area contributed by atoms with Crippen molar-refractivity contribution in [2.75, 3.05) is 11.9 Å². The number of nitrogens with two attached hydrogens (primary N) is 1. The van der Waals surface area contributed by atoms with Crippen molar-refractivity contribution in [1.29, 1.82) is 0 Å². The van der Waals surface area contributed by atoms with Gasteiger partial charge in [0.1, 0.15) is 12.2 Å². The first-order chi connectivity index (χ1) is 11.4. The standard InChI is InChI=1S/C17H19N5O2/c1-17(2,18)10-24-16-13(4-3-7-19-16)15(23)21-12-5-6-14-11(8-12)9-20-22-14/h3-9H,10,18H2,1-2H3,(H,20,22)(H,21,23). The van der Waals surface area contributed by atoms with Gasteiger partial charge < -0.3 is 15.8 Å². The lowest BCUT2D eigenvalue weighted by Crippen LogP contribution is -2.39. The number of pyridine rings is 1. The summed E-state index contributed by atoms with van der Waals surface area (Å²) in [7, 11) is 0. The molecule has 0 bridgehead atoms. The second kappa shape index (κ2) is 6.29. The molecule has 0 saturated carbocycles. The van der Waals surface area contributed by atoms with E-state index in [1.54, 1.807) is 30.6 Å². The molecule has 3 aromatic rings. The topological polar surface area (TPSA) is 106 Å². The van der Waals surface area contributed by atoms with E-state index in [0.29, 0.717) is 11.3 Å². The molecule has 0 aliphatic heterocycles. The van der Waals surface area contributed by atoms with Gasteiger partial charge in [-0.1, -0.05) is 0 Å². The van der Waals surface area contributed by atoms with Crippen molar-refractivity contribution >= 4 is 22.5 Å². The van der Waals surface area contributed by atoms with Gasteiger partial charge >= 0.3 is 0 Å². The summed E-state index contributed by atoms with van der Waals surface area (Å²) in [4.78, 5) is 16.7. The normalized spacial score (nSPS) is 11.5. The van der Waals surface area contributed by atoms with E-state index in [0.717, 1.165) is 10.9 Å². The molecule has 0 aliphatic rings. The molecular formula is C17H19N5O2. The molecule has 0 saturated heterocycles. The minimum atomic E-state index is -0.516. The highest BCUT2D eigenvalue weighted by molar-refractivity contribution is 6.06. The van der Waals surface area contributed by atoms with Gasteiger partial charge in [0.05, 0.1) is 11.7 Å². The quantitative estimate of drug-likeness (QED) is 0.667. The van der Waals surface area contributed by atoms with E-state index in [1.165, 1.54) is 0 Å². The molecule has 24 heavy (non-hydrogen) atoms. The first-order valence-electron chi connectivity index (χ1n) is 7.53. The Kier molecular flexibility index (Phi) is 4.18. The second-order valence-electron chi connectivity index (χ2n) is 6.26. The SMILES string of the molecule is CC(C)(N)COc1ncccc1C(=O)Nc1ccc2[nH]ncc2c1. The van der Waals surface area contributed by atoms with Gasteiger partial charge in [0, 0.05) is 22.8 Å². The lowest BCUT2D eigenvalue weighted by atomic mass is 10.1. The fourth-order valence-corrected chi connectivity index (χ4v) is 2.15. The molecule has 2 aromatic heterocycles. The third kappa shape index (κ3) is 3.69. The number of hydrogen-bond acceptors (Lipinski definition) is 5. The van der Waals surface area contributed by atoms with Gasteiger partial charge in [-0.3, -0.25) is 9.89 Å².